The summed E-state index contributed by atoms with van der Waals surface area (Å²) in [6.07, 6.45) is 0. The van der Waals surface area contributed by atoms with Gasteiger partial charge in [0, 0.05) is 0 Å². The average molecular weight is 354 g/mol. The summed E-state index contributed by atoms with van der Waals surface area (Å²) in [7, 11) is -4.02. The van der Waals surface area contributed by atoms with Gasteiger partial charge in [-0.25, -0.2) is 17.2 Å². The Hall–Kier alpha value is -2.32. The normalized spacial score (nSPS) is 12.7. The molecule has 0 saturated heterocycles. The van der Waals surface area contributed by atoms with Crippen LogP contribution in [0.2, 0.25) is 0 Å². The number of aryl methyl sites for hydroxylation is 1. The van der Waals surface area contributed by atoms with Gasteiger partial charge in [0.25, 0.3) is 0 Å². The molecule has 2 N–H and O–H groups in total. The van der Waals surface area contributed by atoms with E-state index < -0.39 is 33.6 Å². The molecule has 5 nitrogen and oxygen atoms in total. The molecule has 128 valence electrons. The van der Waals surface area contributed by atoms with Gasteiger partial charge in [0.2, 0.25) is 15.9 Å². The molecule has 0 aromatic heterocycles. The minimum Gasteiger partial charge on any atom is -0.322 e. The molecule has 0 saturated carbocycles. The van der Waals surface area contributed by atoms with E-state index in [0.717, 1.165) is 12.1 Å². The molecule has 2 aromatic carbocycles. The fourth-order valence-electron chi connectivity index (χ4n) is 1.94. The van der Waals surface area contributed by atoms with Crippen molar-refractivity contribution in [2.24, 2.45) is 0 Å². The van der Waals surface area contributed by atoms with Crippen molar-refractivity contribution in [1.82, 2.24) is 4.72 Å². The number of sulfonamides is 1. The summed E-state index contributed by atoms with van der Waals surface area (Å²) in [5.41, 5.74) is 0.118. The Morgan fingerprint density at radius 1 is 1.08 bits per heavy atom. The Balaban J connectivity index is 2.12. The summed E-state index contributed by atoms with van der Waals surface area (Å²) in [5.74, 6) is -1.88. The molecule has 2 rings (SSSR count). The van der Waals surface area contributed by atoms with E-state index in [-0.39, 0.29) is 16.1 Å². The topological polar surface area (TPSA) is 75.3 Å². The number of nitrogens with one attached hydrogen (secondary N) is 2. The van der Waals surface area contributed by atoms with Crippen molar-refractivity contribution in [3.8, 4) is 0 Å². The lowest BCUT2D eigenvalue weighted by molar-refractivity contribution is -0.117. The van der Waals surface area contributed by atoms with E-state index in [2.05, 4.69) is 10.0 Å². The second-order valence-electron chi connectivity index (χ2n) is 5.22. The molecular weight excluding hydrogens is 338 g/mol. The largest absolute Gasteiger partial charge is 0.322 e. The van der Waals surface area contributed by atoms with Crippen LogP contribution in [0.15, 0.2) is 47.4 Å². The number of rotatable bonds is 5. The molecule has 0 aliphatic carbocycles. The van der Waals surface area contributed by atoms with Crippen molar-refractivity contribution in [3.63, 3.8) is 0 Å². The fraction of sp³-hybridized carbons (Fsp3) is 0.188. The van der Waals surface area contributed by atoms with Crippen LogP contribution in [-0.4, -0.2) is 20.4 Å². The molecule has 2 aromatic rings. The van der Waals surface area contributed by atoms with Crippen molar-refractivity contribution in [2.45, 2.75) is 24.8 Å². The first-order chi connectivity index (χ1) is 11.2. The highest BCUT2D eigenvalue weighted by atomic mass is 32.2. The highest BCUT2D eigenvalue weighted by molar-refractivity contribution is 7.89. The highest BCUT2D eigenvalue weighted by Gasteiger charge is 2.23. The van der Waals surface area contributed by atoms with Crippen molar-refractivity contribution >= 4 is 21.6 Å². The van der Waals surface area contributed by atoms with Crippen LogP contribution in [-0.2, 0) is 14.8 Å². The van der Waals surface area contributed by atoms with E-state index in [1.807, 2.05) is 0 Å². The zero-order chi connectivity index (χ0) is 17.9. The lowest BCUT2D eigenvalue weighted by atomic mass is 10.2. The molecular formula is C16H16F2N2O3S. The number of amides is 1. The highest BCUT2D eigenvalue weighted by Crippen LogP contribution is 2.16. The summed E-state index contributed by atoms with van der Waals surface area (Å²) < 4.78 is 53.4. The number of benzene rings is 2. The van der Waals surface area contributed by atoms with E-state index >= 15 is 0 Å². The van der Waals surface area contributed by atoms with Gasteiger partial charge in [-0.05, 0) is 49.7 Å². The van der Waals surface area contributed by atoms with E-state index in [1.54, 1.807) is 0 Å². The Kier molecular flexibility index (Phi) is 5.30. The third kappa shape index (κ3) is 4.15. The maximum atomic E-state index is 13.5. The Labute approximate surface area is 138 Å². The van der Waals surface area contributed by atoms with Crippen LogP contribution in [0, 0.1) is 18.6 Å². The van der Waals surface area contributed by atoms with Gasteiger partial charge in [0.05, 0.1) is 16.6 Å². The lowest BCUT2D eigenvalue weighted by Gasteiger charge is -2.15. The predicted octanol–water partition coefficient (Wildman–Crippen LogP) is 2.58. The first-order valence-electron chi connectivity index (χ1n) is 7.04. The Morgan fingerprint density at radius 3 is 2.38 bits per heavy atom. The molecule has 0 aliphatic rings. The number of anilines is 1. The number of hydrogen-bond acceptors (Lipinski definition) is 3. The fourth-order valence-corrected chi connectivity index (χ4v) is 3.23. The van der Waals surface area contributed by atoms with Crippen LogP contribution in [0.3, 0.4) is 0 Å². The molecule has 0 heterocycles. The third-order valence-corrected chi connectivity index (χ3v) is 4.84. The van der Waals surface area contributed by atoms with Gasteiger partial charge >= 0.3 is 0 Å². The lowest BCUT2D eigenvalue weighted by Crippen LogP contribution is -2.41. The van der Waals surface area contributed by atoms with Crippen LogP contribution >= 0.6 is 0 Å². The van der Waals surface area contributed by atoms with Crippen LogP contribution < -0.4 is 10.0 Å². The summed E-state index contributed by atoms with van der Waals surface area (Å²) in [6.45, 7) is 2.76. The first-order valence-corrected chi connectivity index (χ1v) is 8.53. The minimum atomic E-state index is -4.02. The van der Waals surface area contributed by atoms with Gasteiger partial charge in [-0.15, -0.1) is 0 Å². The number of para-hydroxylation sites is 1. The molecule has 0 fully saturated rings. The van der Waals surface area contributed by atoms with Crippen LogP contribution in [0.4, 0.5) is 14.5 Å². The number of hydrogen-bond donors (Lipinski definition) is 2. The van der Waals surface area contributed by atoms with E-state index in [1.165, 1.54) is 44.2 Å². The van der Waals surface area contributed by atoms with Gasteiger partial charge in [-0.3, -0.25) is 4.79 Å². The Morgan fingerprint density at radius 2 is 1.75 bits per heavy atom. The summed E-state index contributed by atoms with van der Waals surface area (Å²) >= 11 is 0. The van der Waals surface area contributed by atoms with Crippen LogP contribution in [0.1, 0.15) is 12.5 Å². The zero-order valence-electron chi connectivity index (χ0n) is 13.0. The maximum absolute atomic E-state index is 13.5. The Bertz CT molecular complexity index is 869. The second kappa shape index (κ2) is 7.06. The second-order valence-corrected chi connectivity index (χ2v) is 6.94. The molecule has 1 atom stereocenters. The molecule has 0 radical (unpaired) electrons. The van der Waals surface area contributed by atoms with Crippen LogP contribution in [0.25, 0.3) is 0 Å². The average Bonchev–Trinajstić information content (AvgIpc) is 2.51. The summed E-state index contributed by atoms with van der Waals surface area (Å²) in [6, 6.07) is 7.69. The minimum absolute atomic E-state index is 0.0498. The van der Waals surface area contributed by atoms with Gasteiger partial charge in [0.1, 0.15) is 11.6 Å². The van der Waals surface area contributed by atoms with Gasteiger partial charge in [-0.2, -0.15) is 4.72 Å². The molecule has 1 amide bonds. The SMILES string of the molecule is Cc1cc(S(=O)(=O)NC(C)C(=O)Nc2ccccc2F)ccc1F. The monoisotopic (exact) mass is 354 g/mol. The van der Waals surface area contributed by atoms with Crippen LogP contribution in [0.5, 0.6) is 0 Å². The molecule has 1 unspecified atom stereocenters. The number of carbonyl (C=O) groups is 1. The van der Waals surface area contributed by atoms with E-state index in [0.29, 0.717) is 0 Å². The van der Waals surface area contributed by atoms with Gasteiger partial charge in [0.15, 0.2) is 0 Å². The first kappa shape index (κ1) is 18.0. The molecule has 0 spiro atoms. The number of halogens is 2. The third-order valence-electron chi connectivity index (χ3n) is 3.30. The molecule has 24 heavy (non-hydrogen) atoms. The van der Waals surface area contributed by atoms with E-state index in [9.17, 15) is 22.0 Å². The summed E-state index contributed by atoms with van der Waals surface area (Å²) in [4.78, 5) is 11.9. The van der Waals surface area contributed by atoms with Crippen molar-refractivity contribution in [2.75, 3.05) is 5.32 Å². The molecule has 0 aliphatic heterocycles. The smallest absolute Gasteiger partial charge is 0.242 e. The maximum Gasteiger partial charge on any atom is 0.242 e. The van der Waals surface area contributed by atoms with Gasteiger partial charge < -0.3 is 5.32 Å². The standard InChI is InChI=1S/C16H16F2N2O3S/c1-10-9-12(7-8-13(10)17)24(22,23)20-11(2)16(21)19-15-6-4-3-5-14(15)18/h3-9,11,20H,1-2H3,(H,19,21). The predicted molar refractivity (Wildman–Crippen MR) is 86.0 cm³/mol. The quantitative estimate of drug-likeness (QED) is 0.867. The van der Waals surface area contributed by atoms with Gasteiger partial charge in [-0.1, -0.05) is 12.1 Å². The summed E-state index contributed by atoms with van der Waals surface area (Å²) in [5, 5.41) is 2.30. The van der Waals surface area contributed by atoms with Crippen molar-refractivity contribution < 1.29 is 22.0 Å². The molecule has 8 heteroatoms. The molecule has 0 bridgehead atoms. The van der Waals surface area contributed by atoms with E-state index in [4.69, 9.17) is 0 Å². The van der Waals surface area contributed by atoms with Crippen molar-refractivity contribution in [3.05, 3.63) is 59.7 Å². The van der Waals surface area contributed by atoms with Crippen molar-refractivity contribution in [1.29, 1.82) is 0 Å². The number of carbonyl (C=O) groups excluding carboxylic acids is 1. The zero-order valence-corrected chi connectivity index (χ0v) is 13.8.